The Bertz CT molecular complexity index is 133. The summed E-state index contributed by atoms with van der Waals surface area (Å²) in [6.07, 6.45) is 1.43. The Hall–Kier alpha value is -0.450. The molecule has 0 amide bonds. The van der Waals surface area contributed by atoms with Crippen molar-refractivity contribution in [3.05, 3.63) is 0 Å². The van der Waals surface area contributed by atoms with Crippen LogP contribution in [0.4, 0.5) is 0 Å². The predicted molar refractivity (Wildman–Crippen MR) is 50.5 cm³/mol. The summed E-state index contributed by atoms with van der Waals surface area (Å²) in [4.78, 5) is 13.0. The second-order valence-corrected chi connectivity index (χ2v) is 3.01. The van der Waals surface area contributed by atoms with Gasteiger partial charge >= 0.3 is 0 Å². The number of Topliss-reactive ketones (excluding diaryl/α,β-unsaturated/α-hetero) is 1. The Kier molecular flexibility index (Phi) is 7.88. The van der Waals surface area contributed by atoms with Gasteiger partial charge in [-0.2, -0.15) is 0 Å². The van der Waals surface area contributed by atoms with E-state index in [1.54, 1.807) is 4.90 Å². The average Bonchev–Trinajstić information content (AvgIpc) is 2.05. The normalized spacial score (nSPS) is 10.8. The third-order valence-corrected chi connectivity index (χ3v) is 1.76. The van der Waals surface area contributed by atoms with Crippen LogP contribution in [0.3, 0.4) is 0 Å². The van der Waals surface area contributed by atoms with E-state index in [4.69, 9.17) is 10.2 Å². The molecule has 0 aromatic heterocycles. The van der Waals surface area contributed by atoms with Gasteiger partial charge in [0.1, 0.15) is 5.78 Å². The molecule has 0 rings (SSSR count). The van der Waals surface area contributed by atoms with Crippen LogP contribution in [-0.4, -0.2) is 53.7 Å². The van der Waals surface area contributed by atoms with Crippen molar-refractivity contribution < 1.29 is 15.0 Å². The second-order valence-electron chi connectivity index (χ2n) is 3.01. The maximum Gasteiger partial charge on any atom is 0.146 e. The third kappa shape index (κ3) is 6.69. The van der Waals surface area contributed by atoms with E-state index in [0.29, 0.717) is 26.1 Å². The summed E-state index contributed by atoms with van der Waals surface area (Å²) in [6.45, 7) is 3.26. The molecule has 0 bridgehead atoms. The van der Waals surface area contributed by atoms with Crippen molar-refractivity contribution in [1.82, 2.24) is 4.90 Å². The van der Waals surface area contributed by atoms with Gasteiger partial charge in [0.15, 0.2) is 0 Å². The highest BCUT2D eigenvalue weighted by atomic mass is 16.3. The van der Waals surface area contributed by atoms with Crippen molar-refractivity contribution in [2.24, 2.45) is 0 Å². The number of rotatable bonds is 8. The van der Waals surface area contributed by atoms with Crippen molar-refractivity contribution in [2.45, 2.75) is 19.8 Å². The molecule has 0 saturated carbocycles. The Morgan fingerprint density at radius 1 is 1.23 bits per heavy atom. The molecule has 0 heterocycles. The van der Waals surface area contributed by atoms with Crippen molar-refractivity contribution in [1.29, 1.82) is 0 Å². The van der Waals surface area contributed by atoms with Crippen molar-refractivity contribution in [2.75, 3.05) is 32.8 Å². The fraction of sp³-hybridized carbons (Fsp3) is 0.889. The van der Waals surface area contributed by atoms with Crippen LogP contribution >= 0.6 is 0 Å². The molecule has 0 saturated heterocycles. The summed E-state index contributed by atoms with van der Waals surface area (Å²) in [7, 11) is 0. The van der Waals surface area contributed by atoms with Gasteiger partial charge in [0.05, 0.1) is 19.8 Å². The van der Waals surface area contributed by atoms with E-state index in [-0.39, 0.29) is 19.0 Å². The van der Waals surface area contributed by atoms with Gasteiger partial charge in [0, 0.05) is 19.5 Å². The molecule has 4 heteroatoms. The SMILES string of the molecule is CCCC(=O)CN(CCO)CCO. The van der Waals surface area contributed by atoms with Crippen LogP contribution in [0.1, 0.15) is 19.8 Å². The molecule has 13 heavy (non-hydrogen) atoms. The largest absolute Gasteiger partial charge is 0.395 e. The third-order valence-electron chi connectivity index (χ3n) is 1.76. The average molecular weight is 189 g/mol. The zero-order valence-electron chi connectivity index (χ0n) is 8.20. The van der Waals surface area contributed by atoms with Crippen molar-refractivity contribution >= 4 is 5.78 Å². The molecule has 0 aromatic carbocycles. The molecule has 0 aliphatic carbocycles. The predicted octanol–water partition coefficient (Wildman–Crippen LogP) is -0.358. The van der Waals surface area contributed by atoms with Gasteiger partial charge in [0.2, 0.25) is 0 Å². The standard InChI is InChI=1S/C9H19NO3/c1-2-3-9(13)8-10(4-6-11)5-7-12/h11-12H,2-8H2,1H3. The lowest BCUT2D eigenvalue weighted by molar-refractivity contribution is -0.120. The lowest BCUT2D eigenvalue weighted by Crippen LogP contribution is -2.34. The first-order chi connectivity index (χ1) is 6.24. The lowest BCUT2D eigenvalue weighted by atomic mass is 10.2. The number of ketones is 1. The van der Waals surface area contributed by atoms with E-state index < -0.39 is 0 Å². The monoisotopic (exact) mass is 189 g/mol. The lowest BCUT2D eigenvalue weighted by Gasteiger charge is -2.18. The Morgan fingerprint density at radius 2 is 1.77 bits per heavy atom. The zero-order chi connectivity index (χ0) is 10.1. The molecule has 0 unspecified atom stereocenters. The maximum atomic E-state index is 11.2. The Morgan fingerprint density at radius 3 is 2.15 bits per heavy atom. The van der Waals surface area contributed by atoms with Crippen LogP contribution in [0.15, 0.2) is 0 Å². The molecule has 2 N–H and O–H groups in total. The molecule has 0 atom stereocenters. The summed E-state index contributed by atoms with van der Waals surface area (Å²) < 4.78 is 0. The number of carbonyl (C=O) groups is 1. The van der Waals surface area contributed by atoms with Crippen LogP contribution in [0.25, 0.3) is 0 Å². The van der Waals surface area contributed by atoms with Crippen LogP contribution in [0.2, 0.25) is 0 Å². The topological polar surface area (TPSA) is 60.8 Å². The number of hydrogen-bond donors (Lipinski definition) is 2. The number of aliphatic hydroxyl groups is 2. The fourth-order valence-corrected chi connectivity index (χ4v) is 1.16. The molecular formula is C9H19NO3. The first kappa shape index (κ1) is 12.6. The molecule has 0 aliphatic rings. The summed E-state index contributed by atoms with van der Waals surface area (Å²) in [6, 6.07) is 0. The van der Waals surface area contributed by atoms with Gasteiger partial charge < -0.3 is 10.2 Å². The van der Waals surface area contributed by atoms with Crippen LogP contribution in [-0.2, 0) is 4.79 Å². The number of nitrogens with zero attached hydrogens (tertiary/aromatic N) is 1. The first-order valence-corrected chi connectivity index (χ1v) is 4.70. The quantitative estimate of drug-likeness (QED) is 0.547. The van der Waals surface area contributed by atoms with E-state index >= 15 is 0 Å². The van der Waals surface area contributed by atoms with E-state index in [1.165, 1.54) is 0 Å². The van der Waals surface area contributed by atoms with Crippen molar-refractivity contribution in [3.8, 4) is 0 Å². The molecule has 0 radical (unpaired) electrons. The summed E-state index contributed by atoms with van der Waals surface area (Å²) in [5, 5.41) is 17.3. The molecule has 4 nitrogen and oxygen atoms in total. The molecule has 0 fully saturated rings. The van der Waals surface area contributed by atoms with E-state index in [1.807, 2.05) is 6.92 Å². The highest BCUT2D eigenvalue weighted by molar-refractivity contribution is 5.80. The highest BCUT2D eigenvalue weighted by Crippen LogP contribution is 1.94. The van der Waals surface area contributed by atoms with E-state index in [2.05, 4.69) is 0 Å². The summed E-state index contributed by atoms with van der Waals surface area (Å²) in [5.74, 6) is 0.171. The minimum atomic E-state index is 0.0272. The van der Waals surface area contributed by atoms with Gasteiger partial charge in [-0.05, 0) is 6.42 Å². The number of hydrogen-bond acceptors (Lipinski definition) is 4. The zero-order valence-corrected chi connectivity index (χ0v) is 8.20. The summed E-state index contributed by atoms with van der Waals surface area (Å²) in [5.41, 5.74) is 0. The minimum Gasteiger partial charge on any atom is -0.395 e. The van der Waals surface area contributed by atoms with Gasteiger partial charge in [-0.15, -0.1) is 0 Å². The van der Waals surface area contributed by atoms with Crippen molar-refractivity contribution in [3.63, 3.8) is 0 Å². The maximum absolute atomic E-state index is 11.2. The minimum absolute atomic E-state index is 0.0272. The van der Waals surface area contributed by atoms with E-state index in [0.717, 1.165) is 6.42 Å². The Labute approximate surface area is 79.2 Å². The van der Waals surface area contributed by atoms with Gasteiger partial charge in [0.25, 0.3) is 0 Å². The van der Waals surface area contributed by atoms with Gasteiger partial charge in [-0.25, -0.2) is 0 Å². The summed E-state index contributed by atoms with van der Waals surface area (Å²) >= 11 is 0. The molecule has 0 aliphatic heterocycles. The van der Waals surface area contributed by atoms with Crippen LogP contribution in [0, 0.1) is 0 Å². The smallest absolute Gasteiger partial charge is 0.146 e. The fourth-order valence-electron chi connectivity index (χ4n) is 1.16. The van der Waals surface area contributed by atoms with Gasteiger partial charge in [-0.3, -0.25) is 9.69 Å². The number of aliphatic hydroxyl groups excluding tert-OH is 2. The highest BCUT2D eigenvalue weighted by Gasteiger charge is 2.08. The molecule has 78 valence electrons. The molecule has 0 aromatic rings. The number of carbonyl (C=O) groups excluding carboxylic acids is 1. The molecular weight excluding hydrogens is 170 g/mol. The van der Waals surface area contributed by atoms with Crippen LogP contribution in [0.5, 0.6) is 0 Å². The van der Waals surface area contributed by atoms with Gasteiger partial charge in [-0.1, -0.05) is 6.92 Å². The molecule has 0 spiro atoms. The Balaban J connectivity index is 3.71. The second kappa shape index (κ2) is 8.16. The first-order valence-electron chi connectivity index (χ1n) is 4.70. The van der Waals surface area contributed by atoms with E-state index in [9.17, 15) is 4.79 Å². The van der Waals surface area contributed by atoms with Crippen LogP contribution < -0.4 is 0 Å².